The van der Waals surface area contributed by atoms with E-state index in [0.717, 1.165) is 59.6 Å². The van der Waals surface area contributed by atoms with Crippen LogP contribution in [0.1, 0.15) is 28.4 Å². The van der Waals surface area contributed by atoms with Crippen LogP contribution in [-0.2, 0) is 0 Å². The lowest BCUT2D eigenvalue weighted by molar-refractivity contribution is -0.880. The summed E-state index contributed by atoms with van der Waals surface area (Å²) >= 11 is 0. The number of rotatable bonds is 5. The van der Waals surface area contributed by atoms with E-state index in [-0.39, 0.29) is 5.78 Å². The van der Waals surface area contributed by atoms with Crippen LogP contribution in [0.4, 0.5) is 5.69 Å². The molecule has 4 rings (SSSR count). The van der Waals surface area contributed by atoms with Gasteiger partial charge in [-0.05, 0) is 26.0 Å². The molecule has 0 radical (unpaired) electrons. The van der Waals surface area contributed by atoms with Gasteiger partial charge < -0.3 is 14.5 Å². The van der Waals surface area contributed by atoms with Gasteiger partial charge in [0.2, 0.25) is 11.3 Å². The topological polar surface area (TPSA) is 48.1 Å². The Morgan fingerprint density at radius 2 is 1.86 bits per heavy atom. The maximum atomic E-state index is 13.5. The van der Waals surface area contributed by atoms with Crippen molar-refractivity contribution in [3.8, 4) is 5.75 Å². The highest BCUT2D eigenvalue weighted by Gasteiger charge is 2.27. The number of pyridine rings is 1. The number of ether oxygens (including phenoxy) is 1. The van der Waals surface area contributed by atoms with Crippen molar-refractivity contribution in [3.63, 3.8) is 0 Å². The number of nitrogens with one attached hydrogen (secondary N) is 2. The Balaban J connectivity index is 1.87. The standard InChI is InChI=1S/C24H27N3O2/c1-4-29-19-9-10-22-20(15-19)23(27-13-11-26(3)12-14-27)21(16-25-22)24(28)18-7-5-17(2)6-8-18/h5-10,15-16H,4,11-14H2,1-3H3/p+2. The van der Waals surface area contributed by atoms with E-state index in [4.69, 9.17) is 4.74 Å². The lowest BCUT2D eigenvalue weighted by Gasteiger charge is -2.33. The molecule has 0 saturated carbocycles. The van der Waals surface area contributed by atoms with Crippen LogP contribution in [0.2, 0.25) is 0 Å². The van der Waals surface area contributed by atoms with Gasteiger partial charge in [0.05, 0.1) is 50.9 Å². The number of carbonyl (C=O) groups excluding carboxylic acids is 1. The molecule has 0 spiro atoms. The first-order valence-electron chi connectivity index (χ1n) is 10.4. The largest absolute Gasteiger partial charge is 0.494 e. The Morgan fingerprint density at radius 3 is 2.55 bits per heavy atom. The number of aromatic amines is 1. The predicted octanol–water partition coefficient (Wildman–Crippen LogP) is 1.93. The molecule has 1 fully saturated rings. The highest BCUT2D eigenvalue weighted by atomic mass is 16.5. The summed E-state index contributed by atoms with van der Waals surface area (Å²) in [6, 6.07) is 13.9. The quantitative estimate of drug-likeness (QED) is 0.676. The molecule has 0 aliphatic carbocycles. The zero-order chi connectivity index (χ0) is 20.4. The Morgan fingerprint density at radius 1 is 1.14 bits per heavy atom. The summed E-state index contributed by atoms with van der Waals surface area (Å²) in [4.78, 5) is 20.7. The minimum atomic E-state index is 0.0474. The summed E-state index contributed by atoms with van der Waals surface area (Å²) in [5.41, 5.74) is 4.60. The van der Waals surface area contributed by atoms with Crippen LogP contribution < -0.4 is 19.5 Å². The minimum absolute atomic E-state index is 0.0474. The third kappa shape index (κ3) is 3.96. The van der Waals surface area contributed by atoms with Crippen molar-refractivity contribution in [2.24, 2.45) is 0 Å². The molecule has 1 saturated heterocycles. The molecule has 5 heteroatoms. The maximum Gasteiger partial charge on any atom is 0.213 e. The zero-order valence-corrected chi connectivity index (χ0v) is 17.4. The molecule has 2 heterocycles. The van der Waals surface area contributed by atoms with Crippen molar-refractivity contribution >= 4 is 22.4 Å². The molecule has 0 bridgehead atoms. The number of carbonyl (C=O) groups is 1. The molecule has 1 aliphatic rings. The van der Waals surface area contributed by atoms with E-state index in [1.54, 1.807) is 0 Å². The van der Waals surface area contributed by atoms with Gasteiger partial charge in [-0.2, -0.15) is 0 Å². The number of benzene rings is 2. The molecular formula is C24H29N3O2+2. The molecule has 0 amide bonds. The fourth-order valence-electron chi connectivity index (χ4n) is 3.95. The molecule has 0 atom stereocenters. The van der Waals surface area contributed by atoms with Crippen molar-refractivity contribution in [2.75, 3.05) is 44.7 Å². The number of likely N-dealkylation sites (N-methyl/N-ethyl adjacent to an activating group) is 1. The number of aromatic nitrogens is 1. The Kier molecular flexibility index (Phi) is 5.49. The third-order valence-electron chi connectivity index (χ3n) is 5.68. The maximum absolute atomic E-state index is 13.5. The number of hydrogen-bond donors (Lipinski definition) is 1. The summed E-state index contributed by atoms with van der Waals surface area (Å²) in [5, 5.41) is 1.04. The molecule has 5 nitrogen and oxygen atoms in total. The Hall–Kier alpha value is -2.92. The third-order valence-corrected chi connectivity index (χ3v) is 5.68. The zero-order valence-electron chi connectivity index (χ0n) is 17.4. The number of ketones is 1. The number of nitrogens with zero attached hydrogens (tertiary/aromatic N) is 1. The number of anilines is 1. The van der Waals surface area contributed by atoms with Crippen LogP contribution in [0.15, 0.2) is 48.7 Å². The number of hydrogen-bond acceptors (Lipinski definition) is 3. The van der Waals surface area contributed by atoms with Gasteiger partial charge in [-0.25, -0.2) is 4.98 Å². The fourth-order valence-corrected chi connectivity index (χ4v) is 3.95. The van der Waals surface area contributed by atoms with Gasteiger partial charge in [-0.3, -0.25) is 4.79 Å². The van der Waals surface area contributed by atoms with Crippen molar-refractivity contribution in [1.29, 1.82) is 0 Å². The number of piperazine rings is 1. The second-order valence-electron chi connectivity index (χ2n) is 7.83. The Labute approximate surface area is 171 Å². The van der Waals surface area contributed by atoms with E-state index in [2.05, 4.69) is 23.0 Å². The van der Waals surface area contributed by atoms with E-state index >= 15 is 0 Å². The highest BCUT2D eigenvalue weighted by molar-refractivity contribution is 6.15. The fraction of sp³-hybridized carbons (Fsp3) is 0.333. The van der Waals surface area contributed by atoms with E-state index in [9.17, 15) is 4.79 Å². The number of aryl methyl sites for hydroxylation is 1. The van der Waals surface area contributed by atoms with Gasteiger partial charge in [0, 0.05) is 11.6 Å². The first-order chi connectivity index (χ1) is 14.1. The molecule has 1 aliphatic heterocycles. The summed E-state index contributed by atoms with van der Waals surface area (Å²) in [6.45, 7) is 8.61. The monoisotopic (exact) mass is 391 g/mol. The SMILES string of the molecule is CCOc1ccc2[nH+]cc(C(=O)c3ccc(C)cc3)c(N3CC[NH+](C)CC3)c2c1. The van der Waals surface area contributed by atoms with Gasteiger partial charge >= 0.3 is 0 Å². The second kappa shape index (κ2) is 8.21. The smallest absolute Gasteiger partial charge is 0.213 e. The van der Waals surface area contributed by atoms with Crippen molar-refractivity contribution in [2.45, 2.75) is 13.8 Å². The van der Waals surface area contributed by atoms with Gasteiger partial charge in [0.25, 0.3) is 0 Å². The highest BCUT2D eigenvalue weighted by Crippen LogP contribution is 2.32. The van der Waals surface area contributed by atoms with E-state index in [1.165, 1.54) is 4.90 Å². The second-order valence-corrected chi connectivity index (χ2v) is 7.83. The molecule has 29 heavy (non-hydrogen) atoms. The van der Waals surface area contributed by atoms with Crippen LogP contribution in [0.3, 0.4) is 0 Å². The Bertz CT molecular complexity index is 1020. The molecule has 3 aromatic rings. The molecule has 2 aromatic carbocycles. The number of H-pyrrole nitrogens is 1. The normalized spacial score (nSPS) is 14.9. The van der Waals surface area contributed by atoms with Gasteiger partial charge in [-0.15, -0.1) is 0 Å². The minimum Gasteiger partial charge on any atom is -0.494 e. The van der Waals surface area contributed by atoms with Crippen LogP contribution in [0.5, 0.6) is 5.75 Å². The molecule has 0 unspecified atom stereocenters. The first-order valence-corrected chi connectivity index (χ1v) is 10.4. The average Bonchev–Trinajstić information content (AvgIpc) is 2.74. The molecule has 150 valence electrons. The lowest BCUT2D eigenvalue weighted by atomic mass is 9.98. The summed E-state index contributed by atoms with van der Waals surface area (Å²) < 4.78 is 5.75. The average molecular weight is 392 g/mol. The predicted molar refractivity (Wildman–Crippen MR) is 115 cm³/mol. The van der Waals surface area contributed by atoms with E-state index in [1.807, 2.05) is 56.4 Å². The van der Waals surface area contributed by atoms with Crippen molar-refractivity contribution in [3.05, 3.63) is 65.4 Å². The van der Waals surface area contributed by atoms with Gasteiger partial charge in [-0.1, -0.05) is 29.8 Å². The number of fused-ring (bicyclic) bond motifs is 1. The van der Waals surface area contributed by atoms with Crippen molar-refractivity contribution in [1.82, 2.24) is 0 Å². The van der Waals surface area contributed by atoms with E-state index < -0.39 is 0 Å². The first kappa shape index (κ1) is 19.4. The summed E-state index contributed by atoms with van der Waals surface area (Å²) in [7, 11) is 2.22. The van der Waals surface area contributed by atoms with E-state index in [0.29, 0.717) is 12.2 Å². The van der Waals surface area contributed by atoms with Gasteiger partial charge in [0.15, 0.2) is 6.20 Å². The molecular weight excluding hydrogens is 362 g/mol. The molecule has 2 N–H and O–H groups in total. The lowest BCUT2D eigenvalue weighted by Crippen LogP contribution is -3.12. The van der Waals surface area contributed by atoms with Crippen LogP contribution >= 0.6 is 0 Å². The van der Waals surface area contributed by atoms with Crippen LogP contribution in [-0.4, -0.2) is 45.6 Å². The van der Waals surface area contributed by atoms with Gasteiger partial charge in [0.1, 0.15) is 11.3 Å². The molecule has 1 aromatic heterocycles. The number of quaternary nitrogens is 1. The summed E-state index contributed by atoms with van der Waals surface area (Å²) in [5.74, 6) is 0.876. The van der Waals surface area contributed by atoms with Crippen molar-refractivity contribution < 1.29 is 19.4 Å². The van der Waals surface area contributed by atoms with Crippen LogP contribution in [0.25, 0.3) is 10.9 Å². The summed E-state index contributed by atoms with van der Waals surface area (Å²) in [6.07, 6.45) is 1.87. The van der Waals surface area contributed by atoms with Crippen LogP contribution in [0, 0.1) is 6.92 Å².